The van der Waals surface area contributed by atoms with E-state index in [0.29, 0.717) is 0 Å². The molecule has 2 heteroatoms. The minimum Gasteiger partial charge on any atom is -0.312 e. The largest absolute Gasteiger partial charge is 0.312 e. The van der Waals surface area contributed by atoms with Crippen LogP contribution in [0.25, 0.3) is 0 Å². The molecule has 0 heterocycles. The summed E-state index contributed by atoms with van der Waals surface area (Å²) >= 11 is 0. The molecular weight excluding hydrogens is 165 g/mol. The van der Waals surface area contributed by atoms with Crippen molar-refractivity contribution in [2.75, 3.05) is 0 Å². The third-order valence-electron chi connectivity index (χ3n) is 3.17. The molecule has 0 spiro atoms. The van der Waals surface area contributed by atoms with Crippen LogP contribution >= 0.6 is 0 Å². The number of allylic oxidation sites excluding steroid dienone is 3. The van der Waals surface area contributed by atoms with Crippen molar-refractivity contribution in [3.05, 3.63) is 24.3 Å². The van der Waals surface area contributed by atoms with Gasteiger partial charge in [0.2, 0.25) is 0 Å². The molecule has 0 aromatic heterocycles. The normalized spacial score (nSPS) is 36.0. The number of alkyl halides is 1. The molecule has 0 aromatic carbocycles. The Morgan fingerprint density at radius 1 is 1.62 bits per heavy atom. The average Bonchev–Trinajstić information content (AvgIpc) is 2.57. The lowest BCUT2D eigenvalue weighted by molar-refractivity contribution is 0.121. The molecule has 1 N–H and O–H groups in total. The highest BCUT2D eigenvalue weighted by atomic mass is 19.1. The quantitative estimate of drug-likeness (QED) is 0.647. The summed E-state index contributed by atoms with van der Waals surface area (Å²) in [5.41, 5.74) is -0.794. The molecule has 13 heavy (non-hydrogen) atoms. The van der Waals surface area contributed by atoms with E-state index in [1.54, 1.807) is 19.9 Å². The number of hydrogen-bond acceptors (Lipinski definition) is 1. The lowest BCUT2D eigenvalue weighted by Crippen LogP contribution is -2.27. The van der Waals surface area contributed by atoms with E-state index in [9.17, 15) is 4.39 Å². The maximum Gasteiger partial charge on any atom is 0.115 e. The van der Waals surface area contributed by atoms with Crippen molar-refractivity contribution in [3.8, 4) is 0 Å². The Morgan fingerprint density at radius 3 is 2.38 bits per heavy atom. The molecule has 0 saturated heterocycles. The van der Waals surface area contributed by atoms with Gasteiger partial charge in [0.1, 0.15) is 5.67 Å². The molecular formula is C11H16FN. The Hall–Kier alpha value is -0.920. The van der Waals surface area contributed by atoms with Crippen molar-refractivity contribution < 1.29 is 4.39 Å². The summed E-state index contributed by atoms with van der Waals surface area (Å²) < 4.78 is 13.8. The third-order valence-corrected chi connectivity index (χ3v) is 3.17. The van der Waals surface area contributed by atoms with E-state index < -0.39 is 11.1 Å². The molecule has 2 atom stereocenters. The second-order valence-electron chi connectivity index (χ2n) is 4.18. The van der Waals surface area contributed by atoms with Gasteiger partial charge in [0.05, 0.1) is 0 Å². The number of hydrogen-bond donors (Lipinski definition) is 1. The van der Waals surface area contributed by atoms with Gasteiger partial charge in [0, 0.05) is 17.5 Å². The molecule has 0 amide bonds. The Morgan fingerprint density at radius 2 is 2.15 bits per heavy atom. The second-order valence-corrected chi connectivity index (χ2v) is 4.18. The standard InChI is InChI=1S/C11H16FN/c1-5-6-8-9(7-13)11(8,4)10(2,3)12/h5-7,9,13H,1H2,2-4H3/b8-6-,13-7?. The molecule has 1 aliphatic carbocycles. The summed E-state index contributed by atoms with van der Waals surface area (Å²) in [6, 6.07) is 0. The molecule has 72 valence electrons. The second kappa shape index (κ2) is 2.79. The zero-order valence-corrected chi connectivity index (χ0v) is 8.39. The van der Waals surface area contributed by atoms with E-state index in [2.05, 4.69) is 6.58 Å². The molecule has 0 bridgehead atoms. The minimum absolute atomic E-state index is 0.0505. The van der Waals surface area contributed by atoms with E-state index in [1.165, 1.54) is 6.21 Å². The van der Waals surface area contributed by atoms with E-state index in [4.69, 9.17) is 5.41 Å². The first-order chi connectivity index (χ1) is 5.89. The first kappa shape index (κ1) is 10.2. The van der Waals surface area contributed by atoms with Crippen LogP contribution in [0.3, 0.4) is 0 Å². The zero-order valence-electron chi connectivity index (χ0n) is 8.39. The number of nitrogens with one attached hydrogen (secondary N) is 1. The van der Waals surface area contributed by atoms with Gasteiger partial charge in [-0.15, -0.1) is 0 Å². The summed E-state index contributed by atoms with van der Waals surface area (Å²) in [5, 5.41) is 7.20. The molecule has 1 nitrogen and oxygen atoms in total. The molecule has 0 aromatic rings. The van der Waals surface area contributed by atoms with Gasteiger partial charge in [-0.05, 0) is 13.8 Å². The maximum atomic E-state index is 13.8. The van der Waals surface area contributed by atoms with Crippen molar-refractivity contribution in [3.63, 3.8) is 0 Å². The fourth-order valence-electron chi connectivity index (χ4n) is 1.87. The Kier molecular flexibility index (Phi) is 2.18. The van der Waals surface area contributed by atoms with Crippen LogP contribution in [-0.2, 0) is 0 Å². The van der Waals surface area contributed by atoms with Gasteiger partial charge in [-0.3, -0.25) is 0 Å². The van der Waals surface area contributed by atoms with Gasteiger partial charge in [-0.2, -0.15) is 0 Å². The topological polar surface area (TPSA) is 23.9 Å². The summed E-state index contributed by atoms with van der Waals surface area (Å²) in [6.45, 7) is 8.57. The summed E-state index contributed by atoms with van der Waals surface area (Å²) in [4.78, 5) is 0. The number of rotatable bonds is 3. The minimum atomic E-state index is -1.27. The Balaban J connectivity index is 3.02. The third kappa shape index (κ3) is 1.25. The lowest BCUT2D eigenvalue weighted by atomic mass is 9.88. The van der Waals surface area contributed by atoms with Crippen molar-refractivity contribution >= 4 is 6.21 Å². The molecule has 1 rings (SSSR count). The Bertz CT molecular complexity index is 272. The monoisotopic (exact) mass is 181 g/mol. The first-order valence-electron chi connectivity index (χ1n) is 4.42. The fourth-order valence-corrected chi connectivity index (χ4v) is 1.87. The molecule has 1 saturated carbocycles. The highest BCUT2D eigenvalue weighted by Crippen LogP contribution is 2.64. The molecule has 0 aliphatic heterocycles. The van der Waals surface area contributed by atoms with Crippen LogP contribution in [0.4, 0.5) is 4.39 Å². The van der Waals surface area contributed by atoms with Crippen LogP contribution in [0.2, 0.25) is 0 Å². The molecule has 0 radical (unpaired) electrons. The van der Waals surface area contributed by atoms with Crippen LogP contribution < -0.4 is 0 Å². The Labute approximate surface area is 78.9 Å². The van der Waals surface area contributed by atoms with Gasteiger partial charge in [-0.25, -0.2) is 4.39 Å². The van der Waals surface area contributed by atoms with Gasteiger partial charge in [0.25, 0.3) is 0 Å². The van der Waals surface area contributed by atoms with E-state index in [1.807, 2.05) is 13.0 Å². The summed E-state index contributed by atoms with van der Waals surface area (Å²) in [6.07, 6.45) is 4.79. The summed E-state index contributed by atoms with van der Waals surface area (Å²) in [5.74, 6) is -0.0505. The van der Waals surface area contributed by atoms with Gasteiger partial charge < -0.3 is 5.41 Å². The predicted octanol–water partition coefficient (Wildman–Crippen LogP) is 3.13. The van der Waals surface area contributed by atoms with Gasteiger partial charge in [-0.1, -0.05) is 31.2 Å². The highest BCUT2D eigenvalue weighted by Gasteiger charge is 2.63. The maximum absolute atomic E-state index is 13.8. The SMILES string of the molecule is C=C/C=C1/C(C=N)C1(C)C(C)(C)F. The van der Waals surface area contributed by atoms with Gasteiger partial charge >= 0.3 is 0 Å². The van der Waals surface area contributed by atoms with Crippen LogP contribution in [0.1, 0.15) is 20.8 Å². The van der Waals surface area contributed by atoms with Gasteiger partial charge in [0.15, 0.2) is 0 Å². The van der Waals surface area contributed by atoms with E-state index in [0.717, 1.165) is 5.57 Å². The van der Waals surface area contributed by atoms with E-state index in [-0.39, 0.29) is 5.92 Å². The van der Waals surface area contributed by atoms with Crippen molar-refractivity contribution in [2.45, 2.75) is 26.4 Å². The van der Waals surface area contributed by atoms with Crippen LogP contribution in [0.5, 0.6) is 0 Å². The summed E-state index contributed by atoms with van der Waals surface area (Å²) in [7, 11) is 0. The molecule has 1 aliphatic rings. The van der Waals surface area contributed by atoms with Crippen molar-refractivity contribution in [1.82, 2.24) is 0 Å². The smallest absolute Gasteiger partial charge is 0.115 e. The van der Waals surface area contributed by atoms with Crippen LogP contribution in [-0.4, -0.2) is 11.9 Å². The zero-order chi connectivity index (χ0) is 10.3. The molecule has 1 fully saturated rings. The first-order valence-corrected chi connectivity index (χ1v) is 4.42. The highest BCUT2D eigenvalue weighted by molar-refractivity contribution is 5.74. The average molecular weight is 181 g/mol. The lowest BCUT2D eigenvalue weighted by Gasteiger charge is -2.22. The molecule has 2 unspecified atom stereocenters. The number of halogens is 1. The van der Waals surface area contributed by atoms with Crippen molar-refractivity contribution in [1.29, 1.82) is 5.41 Å². The van der Waals surface area contributed by atoms with Crippen LogP contribution in [0, 0.1) is 16.7 Å². The van der Waals surface area contributed by atoms with E-state index >= 15 is 0 Å². The fraction of sp³-hybridized carbons (Fsp3) is 0.545. The predicted molar refractivity (Wildman–Crippen MR) is 53.8 cm³/mol. The van der Waals surface area contributed by atoms with Crippen molar-refractivity contribution in [2.24, 2.45) is 11.3 Å². The van der Waals surface area contributed by atoms with Crippen LogP contribution in [0.15, 0.2) is 24.3 Å².